The number of aromatic nitrogens is 1. The number of benzene rings is 2. The molecule has 0 saturated carbocycles. The predicted octanol–water partition coefficient (Wildman–Crippen LogP) is 3.96. The van der Waals surface area contributed by atoms with Crippen LogP contribution in [0.15, 0.2) is 36.4 Å². The van der Waals surface area contributed by atoms with E-state index in [-0.39, 0.29) is 0 Å². The van der Waals surface area contributed by atoms with Gasteiger partial charge in [-0.1, -0.05) is 6.07 Å². The summed E-state index contributed by atoms with van der Waals surface area (Å²) in [5, 5.41) is 1.05. The van der Waals surface area contributed by atoms with Crippen molar-refractivity contribution < 1.29 is 4.74 Å². The lowest BCUT2D eigenvalue weighted by Gasteiger charge is -2.21. The fourth-order valence-electron chi connectivity index (χ4n) is 2.34. The van der Waals surface area contributed by atoms with E-state index in [0.29, 0.717) is 0 Å². The molecule has 0 radical (unpaired) electrons. The number of anilines is 3. The second-order valence-electron chi connectivity index (χ2n) is 4.87. The molecule has 0 atom stereocenters. The highest BCUT2D eigenvalue weighted by molar-refractivity contribution is 7.18. The molecule has 1 aromatic heterocycles. The number of ether oxygens (including phenoxy) is 1. The van der Waals surface area contributed by atoms with Crippen LogP contribution < -0.4 is 15.4 Å². The van der Waals surface area contributed by atoms with Gasteiger partial charge in [0.15, 0.2) is 0 Å². The Bertz CT molecular complexity index is 797. The lowest BCUT2D eigenvalue weighted by molar-refractivity contribution is 0.415. The van der Waals surface area contributed by atoms with Gasteiger partial charge in [-0.25, -0.2) is 4.98 Å². The molecular weight excluding hydrogens is 282 g/mol. The van der Waals surface area contributed by atoms with Crippen LogP contribution in [-0.4, -0.2) is 19.1 Å². The molecular formula is C16H17N3OS. The number of nitrogen functional groups attached to an aromatic ring is 1. The molecule has 3 rings (SSSR count). The lowest BCUT2D eigenvalue weighted by Crippen LogP contribution is -2.11. The molecule has 3 aromatic rings. The summed E-state index contributed by atoms with van der Waals surface area (Å²) >= 11 is 1.66. The van der Waals surface area contributed by atoms with Crippen LogP contribution in [0.4, 0.5) is 17.1 Å². The van der Waals surface area contributed by atoms with Crippen molar-refractivity contribution in [3.63, 3.8) is 0 Å². The Morgan fingerprint density at radius 2 is 2.05 bits per heavy atom. The highest BCUT2D eigenvalue weighted by atomic mass is 32.1. The van der Waals surface area contributed by atoms with Crippen LogP contribution in [0.2, 0.25) is 0 Å². The van der Waals surface area contributed by atoms with E-state index in [1.54, 1.807) is 18.4 Å². The molecule has 0 saturated heterocycles. The molecule has 1 heterocycles. The number of methoxy groups -OCH3 is 1. The standard InChI is InChI=1S/C16H17N3OS/c1-10-18-14-9-15(13(17)8-16(14)21-10)19(2)11-5-4-6-12(7-11)20-3/h4-9H,17H2,1-3H3. The van der Waals surface area contributed by atoms with Gasteiger partial charge in [-0.2, -0.15) is 0 Å². The second kappa shape index (κ2) is 5.26. The van der Waals surface area contributed by atoms with Crippen LogP contribution in [0.5, 0.6) is 5.75 Å². The number of nitrogens with zero attached hydrogens (tertiary/aromatic N) is 2. The SMILES string of the molecule is COc1cccc(N(C)c2cc3nc(C)sc3cc2N)c1. The molecule has 0 unspecified atom stereocenters. The molecule has 2 N–H and O–H groups in total. The summed E-state index contributed by atoms with van der Waals surface area (Å²) in [4.78, 5) is 6.58. The molecule has 2 aromatic carbocycles. The summed E-state index contributed by atoms with van der Waals surface area (Å²) in [6.07, 6.45) is 0. The molecule has 5 heteroatoms. The molecule has 21 heavy (non-hydrogen) atoms. The smallest absolute Gasteiger partial charge is 0.120 e. The van der Waals surface area contributed by atoms with E-state index in [1.807, 2.05) is 55.3 Å². The number of rotatable bonds is 3. The average Bonchev–Trinajstić information content (AvgIpc) is 2.84. The number of nitrogens with two attached hydrogens (primary N) is 1. The van der Waals surface area contributed by atoms with Gasteiger partial charge in [-0.05, 0) is 31.2 Å². The summed E-state index contributed by atoms with van der Waals surface area (Å²) in [7, 11) is 3.66. The Labute approximate surface area is 127 Å². The van der Waals surface area contributed by atoms with E-state index in [2.05, 4.69) is 4.98 Å². The average molecular weight is 299 g/mol. The molecule has 0 aliphatic rings. The fourth-order valence-corrected chi connectivity index (χ4v) is 3.20. The van der Waals surface area contributed by atoms with E-state index < -0.39 is 0 Å². The summed E-state index contributed by atoms with van der Waals surface area (Å²) in [5.41, 5.74) is 9.91. The van der Waals surface area contributed by atoms with Crippen molar-refractivity contribution in [3.8, 4) is 5.75 Å². The first-order valence-corrected chi connectivity index (χ1v) is 7.44. The minimum atomic E-state index is 0.747. The summed E-state index contributed by atoms with van der Waals surface area (Å²) in [6, 6.07) is 11.9. The van der Waals surface area contributed by atoms with Crippen LogP contribution >= 0.6 is 11.3 Å². The van der Waals surface area contributed by atoms with E-state index in [1.165, 1.54) is 0 Å². The van der Waals surface area contributed by atoms with Gasteiger partial charge >= 0.3 is 0 Å². The first kappa shape index (κ1) is 13.7. The second-order valence-corrected chi connectivity index (χ2v) is 6.11. The van der Waals surface area contributed by atoms with E-state index >= 15 is 0 Å². The van der Waals surface area contributed by atoms with Crippen LogP contribution in [0, 0.1) is 6.92 Å². The third-order valence-electron chi connectivity index (χ3n) is 3.45. The van der Waals surface area contributed by atoms with Gasteiger partial charge in [0.2, 0.25) is 0 Å². The molecule has 0 spiro atoms. The fraction of sp³-hybridized carbons (Fsp3) is 0.188. The van der Waals surface area contributed by atoms with Gasteiger partial charge < -0.3 is 15.4 Å². The van der Waals surface area contributed by atoms with Crippen molar-refractivity contribution in [1.29, 1.82) is 0 Å². The van der Waals surface area contributed by atoms with E-state index in [0.717, 1.165) is 38.0 Å². The largest absolute Gasteiger partial charge is 0.497 e. The minimum absolute atomic E-state index is 0.747. The van der Waals surface area contributed by atoms with Gasteiger partial charge in [0.05, 0.1) is 33.7 Å². The minimum Gasteiger partial charge on any atom is -0.497 e. The summed E-state index contributed by atoms with van der Waals surface area (Å²) in [6.45, 7) is 2.01. The molecule has 0 fully saturated rings. The van der Waals surface area contributed by atoms with Gasteiger partial charge in [-0.3, -0.25) is 0 Å². The summed E-state index contributed by atoms with van der Waals surface area (Å²) < 4.78 is 6.39. The first-order valence-electron chi connectivity index (χ1n) is 6.63. The Kier molecular flexibility index (Phi) is 3.43. The topological polar surface area (TPSA) is 51.4 Å². The van der Waals surface area contributed by atoms with Crippen LogP contribution in [0.25, 0.3) is 10.2 Å². The zero-order valence-corrected chi connectivity index (χ0v) is 13.1. The lowest BCUT2D eigenvalue weighted by atomic mass is 10.2. The van der Waals surface area contributed by atoms with Crippen LogP contribution in [-0.2, 0) is 0 Å². The zero-order valence-electron chi connectivity index (χ0n) is 12.3. The molecule has 0 amide bonds. The first-order chi connectivity index (χ1) is 10.1. The van der Waals surface area contributed by atoms with Gasteiger partial charge in [0.1, 0.15) is 5.75 Å². The molecule has 0 aliphatic heterocycles. The Balaban J connectivity index is 2.07. The van der Waals surface area contributed by atoms with Crippen molar-refractivity contribution in [3.05, 3.63) is 41.4 Å². The van der Waals surface area contributed by atoms with Gasteiger partial charge in [-0.15, -0.1) is 11.3 Å². The highest BCUT2D eigenvalue weighted by Crippen LogP contribution is 2.35. The quantitative estimate of drug-likeness (QED) is 0.744. The van der Waals surface area contributed by atoms with Crippen LogP contribution in [0.3, 0.4) is 0 Å². The number of hydrogen-bond acceptors (Lipinski definition) is 5. The van der Waals surface area contributed by atoms with Crippen molar-refractivity contribution in [1.82, 2.24) is 4.98 Å². The van der Waals surface area contributed by atoms with Crippen LogP contribution in [0.1, 0.15) is 5.01 Å². The molecule has 108 valence electrons. The normalized spacial score (nSPS) is 10.8. The van der Waals surface area contributed by atoms with Gasteiger partial charge in [0, 0.05) is 18.8 Å². The number of fused-ring (bicyclic) bond motifs is 1. The van der Waals surface area contributed by atoms with E-state index in [4.69, 9.17) is 10.5 Å². The maximum Gasteiger partial charge on any atom is 0.120 e. The maximum atomic E-state index is 6.21. The maximum absolute atomic E-state index is 6.21. The number of aryl methyl sites for hydroxylation is 1. The number of hydrogen-bond donors (Lipinski definition) is 1. The Hall–Kier alpha value is -2.27. The highest BCUT2D eigenvalue weighted by Gasteiger charge is 2.12. The van der Waals surface area contributed by atoms with Gasteiger partial charge in [0.25, 0.3) is 0 Å². The third-order valence-corrected chi connectivity index (χ3v) is 4.38. The monoisotopic (exact) mass is 299 g/mol. The molecule has 0 bridgehead atoms. The Morgan fingerprint density at radius 1 is 1.24 bits per heavy atom. The Morgan fingerprint density at radius 3 is 2.81 bits per heavy atom. The summed E-state index contributed by atoms with van der Waals surface area (Å²) in [5.74, 6) is 0.823. The van der Waals surface area contributed by atoms with Crippen molar-refractivity contribution >= 4 is 38.6 Å². The zero-order chi connectivity index (χ0) is 15.0. The predicted molar refractivity (Wildman–Crippen MR) is 89.8 cm³/mol. The molecule has 0 aliphatic carbocycles. The van der Waals surface area contributed by atoms with Crippen molar-refractivity contribution in [2.75, 3.05) is 24.8 Å². The third kappa shape index (κ3) is 2.52. The van der Waals surface area contributed by atoms with E-state index in [9.17, 15) is 0 Å². The molecule has 4 nitrogen and oxygen atoms in total. The van der Waals surface area contributed by atoms with Crippen molar-refractivity contribution in [2.45, 2.75) is 6.92 Å². The number of thiazole rings is 1. The van der Waals surface area contributed by atoms with Crippen molar-refractivity contribution in [2.24, 2.45) is 0 Å².